The fraction of sp³-hybridized carbons (Fsp3) is 0.250. The summed E-state index contributed by atoms with van der Waals surface area (Å²) in [5, 5.41) is 11.3. The van der Waals surface area contributed by atoms with Crippen molar-refractivity contribution >= 4 is 23.2 Å². The van der Waals surface area contributed by atoms with Crippen LogP contribution < -0.4 is 4.74 Å². The van der Waals surface area contributed by atoms with E-state index < -0.39 is 4.92 Å². The summed E-state index contributed by atoms with van der Waals surface area (Å²) in [6.07, 6.45) is 1.41. The van der Waals surface area contributed by atoms with Crippen molar-refractivity contribution in [3.63, 3.8) is 0 Å². The summed E-state index contributed by atoms with van der Waals surface area (Å²) < 4.78 is 5.67. The van der Waals surface area contributed by atoms with Gasteiger partial charge in [0.25, 0.3) is 11.6 Å². The summed E-state index contributed by atoms with van der Waals surface area (Å²) in [6.45, 7) is 4.64. The van der Waals surface area contributed by atoms with Crippen molar-refractivity contribution in [2.75, 3.05) is 13.1 Å². The maximum Gasteiger partial charge on any atom is 0.270 e. The number of carbonyl (C=O) groups excluding carboxylic acids is 1. The predicted octanol–water partition coefficient (Wildman–Crippen LogP) is 3.92. The van der Waals surface area contributed by atoms with Crippen LogP contribution in [0, 0.1) is 10.1 Å². The average Bonchev–Trinajstić information content (AvgIpc) is 2.58. The van der Waals surface area contributed by atoms with Crippen LogP contribution in [0.5, 0.6) is 11.5 Å². The summed E-state index contributed by atoms with van der Waals surface area (Å²) in [4.78, 5) is 28.6. The van der Waals surface area contributed by atoms with Gasteiger partial charge in [-0.2, -0.15) is 0 Å². The maximum absolute atomic E-state index is 12.6. The van der Waals surface area contributed by atoms with Gasteiger partial charge in [0.2, 0.25) is 0 Å². The second kappa shape index (κ2) is 7.74. The molecule has 24 heavy (non-hydrogen) atoms. The molecule has 0 saturated carbocycles. The fourth-order valence-electron chi connectivity index (χ4n) is 2.12. The zero-order chi connectivity index (χ0) is 17.7. The van der Waals surface area contributed by atoms with Gasteiger partial charge in [-0.1, -0.05) is 11.6 Å². The highest BCUT2D eigenvalue weighted by atomic mass is 35.5. The molecule has 0 unspecified atom stereocenters. The van der Waals surface area contributed by atoms with E-state index in [1.165, 1.54) is 24.4 Å². The molecule has 1 amide bonds. The molecule has 1 aromatic carbocycles. The van der Waals surface area contributed by atoms with Gasteiger partial charge in [0.05, 0.1) is 16.7 Å². The number of nitrogens with zero attached hydrogens (tertiary/aromatic N) is 3. The molecule has 8 heteroatoms. The third kappa shape index (κ3) is 3.99. The van der Waals surface area contributed by atoms with Gasteiger partial charge in [0.1, 0.15) is 16.7 Å². The zero-order valence-electron chi connectivity index (χ0n) is 13.2. The molecule has 0 bridgehead atoms. The van der Waals surface area contributed by atoms with E-state index in [9.17, 15) is 14.9 Å². The number of hydrogen-bond acceptors (Lipinski definition) is 5. The van der Waals surface area contributed by atoms with Crippen molar-refractivity contribution in [1.82, 2.24) is 9.88 Å². The highest BCUT2D eigenvalue weighted by molar-refractivity contribution is 6.29. The number of amides is 1. The molecule has 0 aliphatic heterocycles. The van der Waals surface area contributed by atoms with Crippen LogP contribution in [0.1, 0.15) is 24.2 Å². The number of ether oxygens (including phenoxy) is 1. The Hall–Kier alpha value is -2.67. The fourth-order valence-corrected chi connectivity index (χ4v) is 2.23. The Kier molecular flexibility index (Phi) is 5.70. The lowest BCUT2D eigenvalue weighted by Gasteiger charge is -2.20. The van der Waals surface area contributed by atoms with Gasteiger partial charge in [-0.15, -0.1) is 0 Å². The Balaban J connectivity index is 2.44. The lowest BCUT2D eigenvalue weighted by molar-refractivity contribution is -0.384. The van der Waals surface area contributed by atoms with Crippen molar-refractivity contribution in [1.29, 1.82) is 0 Å². The minimum absolute atomic E-state index is 0.128. The standard InChI is InChI=1S/C16H16ClN3O4/c1-3-19(4-2)16(21)13-9-11(20(22)23)5-7-14(13)24-12-6-8-15(17)18-10-12/h5-10H,3-4H2,1-2H3. The first-order valence-electron chi connectivity index (χ1n) is 7.33. The molecular formula is C16H16ClN3O4. The molecule has 1 heterocycles. The van der Waals surface area contributed by atoms with E-state index in [1.54, 1.807) is 17.0 Å². The van der Waals surface area contributed by atoms with E-state index >= 15 is 0 Å². The number of rotatable bonds is 6. The van der Waals surface area contributed by atoms with E-state index in [1.807, 2.05) is 13.8 Å². The highest BCUT2D eigenvalue weighted by Gasteiger charge is 2.21. The molecule has 0 spiro atoms. The molecule has 126 valence electrons. The van der Waals surface area contributed by atoms with Crippen LogP contribution in [0.2, 0.25) is 5.15 Å². The lowest BCUT2D eigenvalue weighted by Crippen LogP contribution is -2.30. The van der Waals surface area contributed by atoms with Crippen molar-refractivity contribution < 1.29 is 14.5 Å². The second-order valence-corrected chi connectivity index (χ2v) is 5.22. The van der Waals surface area contributed by atoms with Gasteiger partial charge in [-0.25, -0.2) is 4.98 Å². The quantitative estimate of drug-likeness (QED) is 0.448. The van der Waals surface area contributed by atoms with E-state index in [4.69, 9.17) is 16.3 Å². The van der Waals surface area contributed by atoms with Crippen LogP contribution in [0.4, 0.5) is 5.69 Å². The average molecular weight is 350 g/mol. The summed E-state index contributed by atoms with van der Waals surface area (Å²) in [5.41, 5.74) is -0.0464. The molecule has 0 radical (unpaired) electrons. The number of pyridine rings is 1. The molecule has 0 saturated heterocycles. The lowest BCUT2D eigenvalue weighted by atomic mass is 10.1. The normalized spacial score (nSPS) is 10.3. The first kappa shape index (κ1) is 17.7. The summed E-state index contributed by atoms with van der Waals surface area (Å²) >= 11 is 5.73. The van der Waals surface area contributed by atoms with Crippen LogP contribution in [0.25, 0.3) is 0 Å². The maximum atomic E-state index is 12.6. The Morgan fingerprint density at radius 2 is 2.00 bits per heavy atom. The number of nitro groups is 1. The summed E-state index contributed by atoms with van der Waals surface area (Å²) in [7, 11) is 0. The van der Waals surface area contributed by atoms with Gasteiger partial charge in [0.15, 0.2) is 0 Å². The minimum Gasteiger partial charge on any atom is -0.455 e. The van der Waals surface area contributed by atoms with Crippen molar-refractivity contribution in [3.05, 3.63) is 57.4 Å². The Morgan fingerprint density at radius 1 is 1.29 bits per heavy atom. The van der Waals surface area contributed by atoms with Gasteiger partial charge >= 0.3 is 0 Å². The van der Waals surface area contributed by atoms with E-state index in [-0.39, 0.29) is 22.9 Å². The Labute approximate surface area is 144 Å². The second-order valence-electron chi connectivity index (χ2n) is 4.83. The predicted molar refractivity (Wildman–Crippen MR) is 89.7 cm³/mol. The van der Waals surface area contributed by atoms with Crippen LogP contribution in [0.3, 0.4) is 0 Å². The Bertz CT molecular complexity index is 745. The molecule has 7 nitrogen and oxygen atoms in total. The molecule has 0 N–H and O–H groups in total. The molecule has 2 aromatic rings. The van der Waals surface area contributed by atoms with Crippen LogP contribution in [-0.4, -0.2) is 33.8 Å². The topological polar surface area (TPSA) is 85.6 Å². The van der Waals surface area contributed by atoms with Gasteiger partial charge in [-0.05, 0) is 32.0 Å². The smallest absolute Gasteiger partial charge is 0.270 e. The van der Waals surface area contributed by atoms with Crippen LogP contribution >= 0.6 is 11.6 Å². The molecule has 0 aliphatic rings. The number of benzene rings is 1. The van der Waals surface area contributed by atoms with Crippen molar-refractivity contribution in [2.24, 2.45) is 0 Å². The van der Waals surface area contributed by atoms with Gasteiger partial charge in [0, 0.05) is 25.2 Å². The number of non-ortho nitro benzene ring substituents is 1. The van der Waals surface area contributed by atoms with E-state index in [0.717, 1.165) is 0 Å². The Morgan fingerprint density at radius 3 is 2.54 bits per heavy atom. The minimum atomic E-state index is -0.549. The third-order valence-electron chi connectivity index (χ3n) is 3.38. The molecule has 2 rings (SSSR count). The number of aromatic nitrogens is 1. The van der Waals surface area contributed by atoms with Crippen LogP contribution in [0.15, 0.2) is 36.5 Å². The third-order valence-corrected chi connectivity index (χ3v) is 3.61. The molecule has 1 aromatic heterocycles. The summed E-state index contributed by atoms with van der Waals surface area (Å²) in [5.74, 6) is 0.268. The molecular weight excluding hydrogens is 334 g/mol. The molecule has 0 atom stereocenters. The summed E-state index contributed by atoms with van der Waals surface area (Å²) in [6, 6.07) is 7.07. The molecule has 0 fully saturated rings. The first-order valence-corrected chi connectivity index (χ1v) is 7.71. The number of nitro benzene ring substituents is 1. The van der Waals surface area contributed by atoms with Crippen LogP contribution in [-0.2, 0) is 0 Å². The SMILES string of the molecule is CCN(CC)C(=O)c1cc([N+](=O)[O-])ccc1Oc1ccc(Cl)nc1. The number of halogens is 1. The van der Waals surface area contributed by atoms with E-state index in [0.29, 0.717) is 24.0 Å². The monoisotopic (exact) mass is 349 g/mol. The molecule has 0 aliphatic carbocycles. The zero-order valence-corrected chi connectivity index (χ0v) is 14.0. The van der Waals surface area contributed by atoms with Gasteiger partial charge < -0.3 is 9.64 Å². The highest BCUT2D eigenvalue weighted by Crippen LogP contribution is 2.30. The number of hydrogen-bond donors (Lipinski definition) is 0. The largest absolute Gasteiger partial charge is 0.455 e. The first-order chi connectivity index (χ1) is 11.5. The van der Waals surface area contributed by atoms with E-state index in [2.05, 4.69) is 4.98 Å². The van der Waals surface area contributed by atoms with Crippen molar-refractivity contribution in [3.8, 4) is 11.5 Å². The van der Waals surface area contributed by atoms with Gasteiger partial charge in [-0.3, -0.25) is 14.9 Å². The van der Waals surface area contributed by atoms with Crippen molar-refractivity contribution in [2.45, 2.75) is 13.8 Å². The number of carbonyl (C=O) groups is 1.